The standard InChI is InChI=1S/C14H9BrCl2FNO/c1-7-4-9(18)2-3-10(7)14(20)19-13-11(16)5-8(15)6-12(13)17/h2-6H,1H3,(H,19,20). The van der Waals surface area contributed by atoms with Crippen LogP contribution in [0.1, 0.15) is 15.9 Å². The van der Waals surface area contributed by atoms with Gasteiger partial charge in [-0.1, -0.05) is 39.1 Å². The van der Waals surface area contributed by atoms with E-state index in [0.717, 1.165) is 0 Å². The van der Waals surface area contributed by atoms with Gasteiger partial charge in [-0.05, 0) is 42.8 Å². The number of nitrogens with one attached hydrogen (secondary N) is 1. The highest BCUT2D eigenvalue weighted by molar-refractivity contribution is 9.10. The summed E-state index contributed by atoms with van der Waals surface area (Å²) in [5.41, 5.74) is 1.22. The molecule has 0 radical (unpaired) electrons. The van der Waals surface area contributed by atoms with Crippen LogP contribution in [-0.2, 0) is 0 Å². The number of anilines is 1. The van der Waals surface area contributed by atoms with Gasteiger partial charge in [-0.25, -0.2) is 4.39 Å². The van der Waals surface area contributed by atoms with Crippen LogP contribution < -0.4 is 5.32 Å². The van der Waals surface area contributed by atoms with Gasteiger partial charge in [-0.3, -0.25) is 4.79 Å². The molecular formula is C14H9BrCl2FNO. The summed E-state index contributed by atoms with van der Waals surface area (Å²) >= 11 is 15.3. The Morgan fingerprint density at radius 3 is 2.35 bits per heavy atom. The summed E-state index contributed by atoms with van der Waals surface area (Å²) in [7, 11) is 0. The lowest BCUT2D eigenvalue weighted by Crippen LogP contribution is -2.14. The van der Waals surface area contributed by atoms with Gasteiger partial charge in [0.05, 0.1) is 15.7 Å². The van der Waals surface area contributed by atoms with E-state index >= 15 is 0 Å². The molecule has 1 amide bonds. The molecule has 2 aromatic rings. The highest BCUT2D eigenvalue weighted by atomic mass is 79.9. The molecule has 0 heterocycles. The molecule has 0 saturated heterocycles. The van der Waals surface area contributed by atoms with Crippen molar-refractivity contribution in [3.05, 3.63) is 61.8 Å². The maximum absolute atomic E-state index is 13.0. The summed E-state index contributed by atoms with van der Waals surface area (Å²) in [4.78, 5) is 12.2. The minimum atomic E-state index is -0.395. The Hall–Kier alpha value is -1.10. The van der Waals surface area contributed by atoms with Crippen molar-refractivity contribution in [1.29, 1.82) is 0 Å². The van der Waals surface area contributed by atoms with E-state index in [2.05, 4.69) is 21.2 Å². The quantitative estimate of drug-likeness (QED) is 0.741. The van der Waals surface area contributed by atoms with Gasteiger partial charge in [0.1, 0.15) is 5.82 Å². The molecule has 104 valence electrons. The second-order valence-electron chi connectivity index (χ2n) is 4.16. The third kappa shape index (κ3) is 3.32. The van der Waals surface area contributed by atoms with Crippen LogP contribution >= 0.6 is 39.1 Å². The zero-order valence-electron chi connectivity index (χ0n) is 10.3. The Kier molecular flexibility index (Phi) is 4.68. The monoisotopic (exact) mass is 375 g/mol. The SMILES string of the molecule is Cc1cc(F)ccc1C(=O)Nc1c(Cl)cc(Br)cc1Cl. The minimum Gasteiger partial charge on any atom is -0.319 e. The van der Waals surface area contributed by atoms with Gasteiger partial charge in [-0.2, -0.15) is 0 Å². The molecule has 0 aliphatic rings. The van der Waals surface area contributed by atoms with E-state index in [4.69, 9.17) is 23.2 Å². The highest BCUT2D eigenvalue weighted by Gasteiger charge is 2.14. The summed E-state index contributed by atoms with van der Waals surface area (Å²) in [6.07, 6.45) is 0. The van der Waals surface area contributed by atoms with Gasteiger partial charge < -0.3 is 5.32 Å². The summed E-state index contributed by atoms with van der Waals surface area (Å²) in [5.74, 6) is -0.785. The van der Waals surface area contributed by atoms with Gasteiger partial charge in [0.2, 0.25) is 0 Å². The van der Waals surface area contributed by atoms with Gasteiger partial charge in [-0.15, -0.1) is 0 Å². The second-order valence-corrected chi connectivity index (χ2v) is 5.89. The van der Waals surface area contributed by atoms with Crippen molar-refractivity contribution in [2.45, 2.75) is 6.92 Å². The Morgan fingerprint density at radius 2 is 1.80 bits per heavy atom. The van der Waals surface area contributed by atoms with Crippen LogP contribution in [0, 0.1) is 12.7 Å². The number of amides is 1. The van der Waals surface area contributed by atoms with E-state index in [1.807, 2.05) is 0 Å². The normalized spacial score (nSPS) is 10.4. The van der Waals surface area contributed by atoms with Crippen molar-refractivity contribution in [2.24, 2.45) is 0 Å². The fourth-order valence-electron chi connectivity index (χ4n) is 1.72. The number of carbonyl (C=O) groups excluding carboxylic acids is 1. The second kappa shape index (κ2) is 6.12. The van der Waals surface area contributed by atoms with Gasteiger partial charge in [0, 0.05) is 10.0 Å². The fourth-order valence-corrected chi connectivity index (χ4v) is 3.03. The molecule has 0 bridgehead atoms. The molecule has 0 spiro atoms. The zero-order chi connectivity index (χ0) is 14.9. The molecule has 0 aliphatic heterocycles. The minimum absolute atomic E-state index is 0.317. The number of hydrogen-bond acceptors (Lipinski definition) is 1. The molecule has 1 N–H and O–H groups in total. The van der Waals surface area contributed by atoms with E-state index < -0.39 is 11.7 Å². The molecule has 0 aliphatic carbocycles. The number of benzene rings is 2. The Bertz CT molecular complexity index is 668. The molecule has 0 aromatic heterocycles. The van der Waals surface area contributed by atoms with Crippen LogP contribution in [-0.4, -0.2) is 5.91 Å². The molecule has 2 aromatic carbocycles. The largest absolute Gasteiger partial charge is 0.319 e. The van der Waals surface area contributed by atoms with E-state index in [-0.39, 0.29) is 0 Å². The average molecular weight is 377 g/mol. The Labute approximate surface area is 134 Å². The Balaban J connectivity index is 2.33. The van der Waals surface area contributed by atoms with E-state index in [9.17, 15) is 9.18 Å². The van der Waals surface area contributed by atoms with Gasteiger partial charge in [0.25, 0.3) is 5.91 Å². The molecule has 20 heavy (non-hydrogen) atoms. The van der Waals surface area contributed by atoms with Crippen molar-refractivity contribution >= 4 is 50.7 Å². The van der Waals surface area contributed by atoms with E-state index in [1.54, 1.807) is 19.1 Å². The summed E-state index contributed by atoms with van der Waals surface area (Å²) in [6.45, 7) is 1.66. The maximum Gasteiger partial charge on any atom is 0.256 e. The lowest BCUT2D eigenvalue weighted by Gasteiger charge is -2.11. The van der Waals surface area contributed by atoms with Crippen LogP contribution in [0.5, 0.6) is 0 Å². The third-order valence-corrected chi connectivity index (χ3v) is 3.73. The first-order chi connectivity index (χ1) is 9.38. The molecule has 0 atom stereocenters. The summed E-state index contributed by atoms with van der Waals surface area (Å²) < 4.78 is 13.7. The first-order valence-electron chi connectivity index (χ1n) is 5.60. The highest BCUT2D eigenvalue weighted by Crippen LogP contribution is 2.34. The lowest BCUT2D eigenvalue weighted by atomic mass is 10.1. The number of halogens is 4. The van der Waals surface area contributed by atoms with E-state index in [0.29, 0.717) is 31.3 Å². The zero-order valence-corrected chi connectivity index (χ0v) is 13.4. The number of aryl methyl sites for hydroxylation is 1. The molecule has 0 fully saturated rings. The maximum atomic E-state index is 13.0. The molecular weight excluding hydrogens is 368 g/mol. The van der Waals surface area contributed by atoms with E-state index in [1.165, 1.54) is 18.2 Å². The number of rotatable bonds is 2. The van der Waals surface area contributed by atoms with Crippen molar-refractivity contribution in [3.8, 4) is 0 Å². The van der Waals surface area contributed by atoms with Gasteiger partial charge >= 0.3 is 0 Å². The van der Waals surface area contributed by atoms with Crippen molar-refractivity contribution in [1.82, 2.24) is 0 Å². The number of carbonyl (C=O) groups is 1. The first kappa shape index (κ1) is 15.3. The van der Waals surface area contributed by atoms with Crippen LogP contribution in [0.2, 0.25) is 10.0 Å². The van der Waals surface area contributed by atoms with Crippen LogP contribution in [0.3, 0.4) is 0 Å². The topological polar surface area (TPSA) is 29.1 Å². The van der Waals surface area contributed by atoms with Crippen molar-refractivity contribution < 1.29 is 9.18 Å². The fraction of sp³-hybridized carbons (Fsp3) is 0.0714. The molecule has 0 saturated carbocycles. The number of hydrogen-bond donors (Lipinski definition) is 1. The average Bonchev–Trinajstić information content (AvgIpc) is 2.33. The molecule has 0 unspecified atom stereocenters. The smallest absolute Gasteiger partial charge is 0.256 e. The van der Waals surface area contributed by atoms with Gasteiger partial charge in [0.15, 0.2) is 0 Å². The predicted octanol–water partition coefficient (Wildman–Crippen LogP) is 5.46. The molecule has 2 nitrogen and oxygen atoms in total. The molecule has 6 heteroatoms. The van der Waals surface area contributed by atoms with Crippen LogP contribution in [0.25, 0.3) is 0 Å². The predicted molar refractivity (Wildman–Crippen MR) is 83.3 cm³/mol. The first-order valence-corrected chi connectivity index (χ1v) is 7.15. The third-order valence-electron chi connectivity index (χ3n) is 2.68. The van der Waals surface area contributed by atoms with Crippen LogP contribution in [0.15, 0.2) is 34.8 Å². The van der Waals surface area contributed by atoms with Crippen molar-refractivity contribution in [3.63, 3.8) is 0 Å². The molecule has 2 rings (SSSR count). The van der Waals surface area contributed by atoms with Crippen LogP contribution in [0.4, 0.5) is 10.1 Å². The lowest BCUT2D eigenvalue weighted by molar-refractivity contribution is 0.102. The van der Waals surface area contributed by atoms with Crippen molar-refractivity contribution in [2.75, 3.05) is 5.32 Å². The Morgan fingerprint density at radius 1 is 1.20 bits per heavy atom. The summed E-state index contributed by atoms with van der Waals surface area (Å²) in [6, 6.07) is 7.19. The summed E-state index contributed by atoms with van der Waals surface area (Å²) in [5, 5.41) is 3.27.